The average Bonchev–Trinajstić information content (AvgIpc) is 2.92. The Morgan fingerprint density at radius 1 is 1.32 bits per heavy atom. The molecule has 0 bridgehead atoms. The molecule has 0 radical (unpaired) electrons. The quantitative estimate of drug-likeness (QED) is 0.810. The highest BCUT2D eigenvalue weighted by molar-refractivity contribution is 9.10. The molecule has 1 heterocycles. The van der Waals surface area contributed by atoms with E-state index in [1.165, 1.54) is 24.3 Å². The fourth-order valence-corrected chi connectivity index (χ4v) is 2.03. The van der Waals surface area contributed by atoms with Gasteiger partial charge in [-0.05, 0) is 52.7 Å². The van der Waals surface area contributed by atoms with Crippen molar-refractivity contribution in [1.82, 2.24) is 0 Å². The number of amides is 1. The van der Waals surface area contributed by atoms with Crippen molar-refractivity contribution in [3.63, 3.8) is 0 Å². The monoisotopic (exact) mass is 367 g/mol. The molecule has 0 saturated heterocycles. The van der Waals surface area contributed by atoms with Crippen molar-refractivity contribution in [2.45, 2.75) is 13.3 Å². The summed E-state index contributed by atoms with van der Waals surface area (Å²) in [5, 5.41) is 11.7. The van der Waals surface area contributed by atoms with Crippen LogP contribution < -0.4 is 10.1 Å². The number of carboxylic acid groups (broad SMARTS) is 1. The smallest absolute Gasteiger partial charge is 0.335 e. The zero-order valence-electron chi connectivity index (χ0n) is 11.8. The summed E-state index contributed by atoms with van der Waals surface area (Å²) in [6.45, 7) is 2.41. The third kappa shape index (κ3) is 3.88. The molecule has 2 aromatic rings. The summed E-state index contributed by atoms with van der Waals surface area (Å²) in [4.78, 5) is 23.2. The van der Waals surface area contributed by atoms with Crippen LogP contribution >= 0.6 is 15.9 Å². The molecule has 0 spiro atoms. The zero-order chi connectivity index (χ0) is 16.1. The molecule has 116 valence electrons. The van der Waals surface area contributed by atoms with E-state index in [0.717, 1.165) is 6.42 Å². The number of carbonyl (C=O) groups excluding carboxylic acids is 1. The van der Waals surface area contributed by atoms with Gasteiger partial charge in [-0.2, -0.15) is 0 Å². The van der Waals surface area contributed by atoms with Crippen LogP contribution in [-0.2, 0) is 0 Å². The minimum Gasteiger partial charge on any atom is -0.491 e. The molecule has 2 N–H and O–H groups in total. The molecule has 1 amide bonds. The lowest BCUT2D eigenvalue weighted by molar-refractivity contribution is 0.0696. The molecule has 1 aromatic heterocycles. The molecule has 6 nitrogen and oxygen atoms in total. The SMILES string of the molecule is CCCOc1ccc(C(=O)O)cc1NC(=O)c1ccc(Br)o1. The summed E-state index contributed by atoms with van der Waals surface area (Å²) < 4.78 is 11.1. The Hall–Kier alpha value is -2.28. The van der Waals surface area contributed by atoms with E-state index in [4.69, 9.17) is 14.3 Å². The molecule has 22 heavy (non-hydrogen) atoms. The number of aromatic carboxylic acids is 1. The highest BCUT2D eigenvalue weighted by Gasteiger charge is 2.15. The van der Waals surface area contributed by atoms with Gasteiger partial charge in [-0.25, -0.2) is 4.79 Å². The van der Waals surface area contributed by atoms with Crippen LogP contribution in [0.4, 0.5) is 5.69 Å². The zero-order valence-corrected chi connectivity index (χ0v) is 13.3. The van der Waals surface area contributed by atoms with Gasteiger partial charge in [0.05, 0.1) is 17.9 Å². The lowest BCUT2D eigenvalue weighted by Crippen LogP contribution is -2.13. The number of furan rings is 1. The van der Waals surface area contributed by atoms with E-state index in [2.05, 4.69) is 21.2 Å². The Kier molecular flexibility index (Phi) is 5.21. The van der Waals surface area contributed by atoms with Crippen LogP contribution in [0.25, 0.3) is 0 Å². The number of nitrogens with one attached hydrogen (secondary N) is 1. The molecule has 1 aromatic carbocycles. The highest BCUT2D eigenvalue weighted by Crippen LogP contribution is 2.27. The van der Waals surface area contributed by atoms with Crippen LogP contribution in [0.1, 0.15) is 34.3 Å². The maximum Gasteiger partial charge on any atom is 0.335 e. The predicted octanol–water partition coefficient (Wildman–Crippen LogP) is 3.78. The van der Waals surface area contributed by atoms with Crippen LogP contribution in [-0.4, -0.2) is 23.6 Å². The molecule has 0 atom stereocenters. The van der Waals surface area contributed by atoms with E-state index >= 15 is 0 Å². The molecule has 0 unspecified atom stereocenters. The molecule has 0 aliphatic carbocycles. The predicted molar refractivity (Wildman–Crippen MR) is 83.5 cm³/mol. The van der Waals surface area contributed by atoms with Crippen molar-refractivity contribution < 1.29 is 23.8 Å². The summed E-state index contributed by atoms with van der Waals surface area (Å²) >= 11 is 3.12. The van der Waals surface area contributed by atoms with Crippen molar-refractivity contribution in [1.29, 1.82) is 0 Å². The van der Waals surface area contributed by atoms with Crippen molar-refractivity contribution in [3.8, 4) is 5.75 Å². The summed E-state index contributed by atoms with van der Waals surface area (Å²) in [5.41, 5.74) is 0.339. The summed E-state index contributed by atoms with van der Waals surface area (Å²) in [6.07, 6.45) is 0.791. The first-order valence-corrected chi connectivity index (χ1v) is 7.37. The summed E-state index contributed by atoms with van der Waals surface area (Å²) in [7, 11) is 0. The number of ether oxygens (including phenoxy) is 1. The molecule has 2 rings (SSSR count). The normalized spacial score (nSPS) is 10.3. The second-order valence-corrected chi connectivity index (χ2v) is 5.20. The van der Waals surface area contributed by atoms with Gasteiger partial charge in [0.25, 0.3) is 5.91 Å². The van der Waals surface area contributed by atoms with Gasteiger partial charge in [0, 0.05) is 0 Å². The van der Waals surface area contributed by atoms with E-state index in [1.54, 1.807) is 6.07 Å². The van der Waals surface area contributed by atoms with E-state index in [-0.39, 0.29) is 17.0 Å². The summed E-state index contributed by atoms with van der Waals surface area (Å²) in [5.74, 6) is -1.06. The minimum absolute atomic E-state index is 0.0553. The van der Waals surface area contributed by atoms with Gasteiger partial charge < -0.3 is 19.6 Å². The number of carboxylic acids is 1. The number of hydrogen-bond acceptors (Lipinski definition) is 4. The van der Waals surface area contributed by atoms with Gasteiger partial charge >= 0.3 is 5.97 Å². The average molecular weight is 368 g/mol. The van der Waals surface area contributed by atoms with Crippen LogP contribution in [0.15, 0.2) is 39.4 Å². The molecular formula is C15H14BrNO5. The third-order valence-corrected chi connectivity index (χ3v) is 3.16. The van der Waals surface area contributed by atoms with E-state index < -0.39 is 11.9 Å². The first-order valence-electron chi connectivity index (χ1n) is 6.58. The first-order chi connectivity index (χ1) is 10.5. The van der Waals surface area contributed by atoms with Crippen molar-refractivity contribution >= 4 is 33.5 Å². The number of hydrogen-bond donors (Lipinski definition) is 2. The Labute approximate surface area is 135 Å². The molecule has 0 aliphatic heterocycles. The number of benzene rings is 1. The molecular weight excluding hydrogens is 354 g/mol. The maximum atomic E-state index is 12.1. The van der Waals surface area contributed by atoms with Crippen LogP contribution in [0.2, 0.25) is 0 Å². The van der Waals surface area contributed by atoms with Gasteiger partial charge in [-0.3, -0.25) is 4.79 Å². The fraction of sp³-hybridized carbons (Fsp3) is 0.200. The van der Waals surface area contributed by atoms with E-state index in [0.29, 0.717) is 17.0 Å². The molecule has 0 saturated carbocycles. The lowest BCUT2D eigenvalue weighted by Gasteiger charge is -2.12. The van der Waals surface area contributed by atoms with Gasteiger partial charge in [-0.1, -0.05) is 6.92 Å². The second kappa shape index (κ2) is 7.13. The maximum absolute atomic E-state index is 12.1. The minimum atomic E-state index is -1.08. The van der Waals surface area contributed by atoms with Gasteiger partial charge in [-0.15, -0.1) is 0 Å². The number of carbonyl (C=O) groups is 2. The van der Waals surface area contributed by atoms with Crippen molar-refractivity contribution in [3.05, 3.63) is 46.3 Å². The molecule has 0 fully saturated rings. The summed E-state index contributed by atoms with van der Waals surface area (Å²) in [6, 6.07) is 7.40. The largest absolute Gasteiger partial charge is 0.491 e. The van der Waals surface area contributed by atoms with E-state index in [1.807, 2.05) is 6.92 Å². The number of rotatable bonds is 6. The van der Waals surface area contributed by atoms with Crippen LogP contribution in [0, 0.1) is 0 Å². The number of anilines is 1. The Morgan fingerprint density at radius 2 is 2.09 bits per heavy atom. The molecule has 0 aliphatic rings. The fourth-order valence-electron chi connectivity index (χ4n) is 1.72. The van der Waals surface area contributed by atoms with Crippen LogP contribution in [0.3, 0.4) is 0 Å². The third-order valence-electron chi connectivity index (χ3n) is 2.73. The van der Waals surface area contributed by atoms with Gasteiger partial charge in [0.1, 0.15) is 5.75 Å². The first kappa shape index (κ1) is 16.1. The topological polar surface area (TPSA) is 88.8 Å². The Bertz CT molecular complexity index is 695. The Morgan fingerprint density at radius 3 is 2.68 bits per heavy atom. The molecule has 7 heteroatoms. The standard InChI is InChI=1S/C15H14BrNO5/c1-2-7-21-11-4-3-9(15(19)20)8-10(11)17-14(18)12-5-6-13(16)22-12/h3-6,8H,2,7H2,1H3,(H,17,18)(H,19,20). The van der Waals surface area contributed by atoms with Crippen molar-refractivity contribution in [2.75, 3.05) is 11.9 Å². The lowest BCUT2D eigenvalue weighted by atomic mass is 10.2. The van der Waals surface area contributed by atoms with Crippen molar-refractivity contribution in [2.24, 2.45) is 0 Å². The number of halogens is 1. The second-order valence-electron chi connectivity index (χ2n) is 4.42. The van der Waals surface area contributed by atoms with E-state index in [9.17, 15) is 9.59 Å². The van der Waals surface area contributed by atoms with Crippen LogP contribution in [0.5, 0.6) is 5.75 Å². The van der Waals surface area contributed by atoms with Gasteiger partial charge in [0.15, 0.2) is 10.4 Å². The van der Waals surface area contributed by atoms with Gasteiger partial charge in [0.2, 0.25) is 0 Å². The highest BCUT2D eigenvalue weighted by atomic mass is 79.9. The Balaban J connectivity index is 2.27.